The van der Waals surface area contributed by atoms with E-state index in [9.17, 15) is 15.0 Å². The maximum Gasteiger partial charge on any atom is 0.311 e. The number of aliphatic hydroxyl groups is 2. The minimum Gasteiger partial charge on any atom is -0.460 e. The zero-order valence-electron chi connectivity index (χ0n) is 12.0. The molecule has 2 unspecified atom stereocenters. The molecule has 112 valence electrons. The molecule has 0 bridgehead atoms. The number of hydrogen-bond acceptors (Lipinski definition) is 4. The number of benzene rings is 1. The molecule has 1 rings (SSSR count). The fraction of sp³-hybridized carbons (Fsp3) is 0.533. The van der Waals surface area contributed by atoms with E-state index in [1.165, 1.54) is 0 Å². The summed E-state index contributed by atoms with van der Waals surface area (Å²) in [5, 5.41) is 19.5. The van der Waals surface area contributed by atoms with Gasteiger partial charge in [0.05, 0.1) is 18.6 Å². The first kappa shape index (κ1) is 17.1. The summed E-state index contributed by atoms with van der Waals surface area (Å²) in [6.07, 6.45) is -0.695. The van der Waals surface area contributed by atoms with Crippen LogP contribution in [-0.4, -0.2) is 28.4 Å². The Bertz CT molecular complexity index is 453. The molecule has 0 spiro atoms. The van der Waals surface area contributed by atoms with Crippen LogP contribution in [0.2, 0.25) is 0 Å². The van der Waals surface area contributed by atoms with Crippen LogP contribution in [0.15, 0.2) is 28.7 Å². The number of hydrogen-bond donors (Lipinski definition) is 2. The Morgan fingerprint density at radius 1 is 1.40 bits per heavy atom. The minimum atomic E-state index is -0.822. The summed E-state index contributed by atoms with van der Waals surface area (Å²) in [4.78, 5) is 11.9. The van der Waals surface area contributed by atoms with Crippen LogP contribution in [0.1, 0.15) is 38.9 Å². The van der Waals surface area contributed by atoms with Gasteiger partial charge in [-0.25, -0.2) is 0 Å². The van der Waals surface area contributed by atoms with Gasteiger partial charge in [-0.2, -0.15) is 0 Å². The first-order chi connectivity index (χ1) is 9.23. The molecule has 0 amide bonds. The van der Waals surface area contributed by atoms with Gasteiger partial charge < -0.3 is 14.9 Å². The number of carbonyl (C=O) groups excluding carboxylic acids is 1. The van der Waals surface area contributed by atoms with Crippen molar-refractivity contribution in [3.05, 3.63) is 34.3 Å². The highest BCUT2D eigenvalue weighted by Crippen LogP contribution is 2.25. The lowest BCUT2D eigenvalue weighted by Crippen LogP contribution is -2.31. The lowest BCUT2D eigenvalue weighted by atomic mass is 9.97. The van der Waals surface area contributed by atoms with Gasteiger partial charge in [0.15, 0.2) is 0 Å². The SMILES string of the molecule is CC(C)(C)OC(=O)C(CO)CC(O)c1cccc(Br)c1. The largest absolute Gasteiger partial charge is 0.460 e. The summed E-state index contributed by atoms with van der Waals surface area (Å²) in [5.41, 5.74) is 0.0898. The van der Waals surface area contributed by atoms with Crippen molar-refractivity contribution in [2.24, 2.45) is 5.92 Å². The van der Waals surface area contributed by atoms with Gasteiger partial charge in [-0.3, -0.25) is 4.79 Å². The molecule has 0 saturated heterocycles. The molecule has 2 N–H and O–H groups in total. The average Bonchev–Trinajstić information content (AvgIpc) is 2.33. The highest BCUT2D eigenvalue weighted by molar-refractivity contribution is 9.10. The molecule has 0 aliphatic rings. The summed E-state index contributed by atoms with van der Waals surface area (Å²) in [5.74, 6) is -1.22. The monoisotopic (exact) mass is 344 g/mol. The van der Waals surface area contributed by atoms with Crippen LogP contribution in [0.3, 0.4) is 0 Å². The number of halogens is 1. The molecule has 0 aliphatic heterocycles. The number of aliphatic hydroxyl groups excluding tert-OH is 2. The third-order valence-electron chi connectivity index (χ3n) is 2.70. The molecule has 5 heteroatoms. The number of rotatable bonds is 5. The van der Waals surface area contributed by atoms with E-state index < -0.39 is 23.6 Å². The van der Waals surface area contributed by atoms with Gasteiger partial charge in [-0.15, -0.1) is 0 Å². The van der Waals surface area contributed by atoms with Crippen LogP contribution in [0.4, 0.5) is 0 Å². The van der Waals surface area contributed by atoms with Crippen LogP contribution in [0.25, 0.3) is 0 Å². The Kier molecular flexibility index (Phi) is 6.17. The van der Waals surface area contributed by atoms with E-state index in [2.05, 4.69) is 15.9 Å². The van der Waals surface area contributed by atoms with Gasteiger partial charge >= 0.3 is 5.97 Å². The fourth-order valence-electron chi connectivity index (χ4n) is 1.75. The molecule has 1 aromatic carbocycles. The summed E-state index contributed by atoms with van der Waals surface area (Å²) in [7, 11) is 0. The topological polar surface area (TPSA) is 66.8 Å². The van der Waals surface area contributed by atoms with E-state index in [0.29, 0.717) is 5.56 Å². The lowest BCUT2D eigenvalue weighted by Gasteiger charge is -2.24. The average molecular weight is 345 g/mol. The van der Waals surface area contributed by atoms with Crippen LogP contribution >= 0.6 is 15.9 Å². The zero-order chi connectivity index (χ0) is 15.3. The van der Waals surface area contributed by atoms with Crippen LogP contribution in [0, 0.1) is 5.92 Å². The maximum atomic E-state index is 11.9. The first-order valence-corrected chi connectivity index (χ1v) is 7.29. The summed E-state index contributed by atoms with van der Waals surface area (Å²) in [6.45, 7) is 4.96. The van der Waals surface area contributed by atoms with Crippen molar-refractivity contribution in [2.75, 3.05) is 6.61 Å². The third kappa shape index (κ3) is 5.61. The van der Waals surface area contributed by atoms with Gasteiger partial charge in [-0.05, 0) is 44.9 Å². The lowest BCUT2D eigenvalue weighted by molar-refractivity contribution is -0.162. The number of esters is 1. The fourth-order valence-corrected chi connectivity index (χ4v) is 2.17. The second-order valence-electron chi connectivity index (χ2n) is 5.72. The standard InChI is InChI=1S/C15H21BrO4/c1-15(2,3)20-14(19)11(9-17)8-13(18)10-5-4-6-12(16)7-10/h4-7,11,13,17-18H,8-9H2,1-3H3. The second kappa shape index (κ2) is 7.20. The number of carbonyl (C=O) groups is 1. The van der Waals surface area contributed by atoms with E-state index in [1.54, 1.807) is 32.9 Å². The molecule has 0 heterocycles. The molecule has 4 nitrogen and oxygen atoms in total. The Morgan fingerprint density at radius 2 is 2.05 bits per heavy atom. The van der Waals surface area contributed by atoms with E-state index >= 15 is 0 Å². The van der Waals surface area contributed by atoms with Gasteiger partial charge in [0.25, 0.3) is 0 Å². The van der Waals surface area contributed by atoms with Gasteiger partial charge in [0, 0.05) is 4.47 Å². The van der Waals surface area contributed by atoms with Crippen molar-refractivity contribution < 1.29 is 19.7 Å². The van der Waals surface area contributed by atoms with Crippen molar-refractivity contribution >= 4 is 21.9 Å². The van der Waals surface area contributed by atoms with Crippen LogP contribution in [0.5, 0.6) is 0 Å². The Morgan fingerprint density at radius 3 is 2.55 bits per heavy atom. The highest BCUT2D eigenvalue weighted by Gasteiger charge is 2.27. The summed E-state index contributed by atoms with van der Waals surface area (Å²) >= 11 is 3.33. The quantitative estimate of drug-likeness (QED) is 0.806. The van der Waals surface area contributed by atoms with Crippen LogP contribution < -0.4 is 0 Å². The summed E-state index contributed by atoms with van der Waals surface area (Å²) in [6, 6.07) is 7.23. The maximum absolute atomic E-state index is 11.9. The predicted molar refractivity (Wildman–Crippen MR) is 80.1 cm³/mol. The van der Waals surface area contributed by atoms with Crippen molar-refractivity contribution in [1.29, 1.82) is 0 Å². The Hall–Kier alpha value is -0.910. The smallest absolute Gasteiger partial charge is 0.311 e. The molecule has 0 aromatic heterocycles. The van der Waals surface area contributed by atoms with Crippen molar-refractivity contribution in [3.63, 3.8) is 0 Å². The van der Waals surface area contributed by atoms with E-state index in [0.717, 1.165) is 4.47 Å². The van der Waals surface area contributed by atoms with E-state index in [-0.39, 0.29) is 13.0 Å². The van der Waals surface area contributed by atoms with E-state index in [4.69, 9.17) is 4.74 Å². The molecular formula is C15H21BrO4. The predicted octanol–water partition coefficient (Wildman–Crippen LogP) is 2.82. The molecular weight excluding hydrogens is 324 g/mol. The molecule has 0 saturated carbocycles. The Balaban J connectivity index is 2.71. The van der Waals surface area contributed by atoms with Gasteiger partial charge in [0.2, 0.25) is 0 Å². The van der Waals surface area contributed by atoms with Crippen molar-refractivity contribution in [3.8, 4) is 0 Å². The normalized spacial score (nSPS) is 14.7. The zero-order valence-corrected chi connectivity index (χ0v) is 13.6. The molecule has 1 aromatic rings. The second-order valence-corrected chi connectivity index (χ2v) is 6.64. The molecule has 2 atom stereocenters. The van der Waals surface area contributed by atoms with Gasteiger partial charge in [-0.1, -0.05) is 28.1 Å². The molecule has 20 heavy (non-hydrogen) atoms. The Labute approximate surface area is 127 Å². The number of ether oxygens (including phenoxy) is 1. The van der Waals surface area contributed by atoms with Crippen molar-refractivity contribution in [2.45, 2.75) is 38.9 Å². The third-order valence-corrected chi connectivity index (χ3v) is 3.19. The first-order valence-electron chi connectivity index (χ1n) is 6.50. The molecule has 0 aliphatic carbocycles. The van der Waals surface area contributed by atoms with E-state index in [1.807, 2.05) is 12.1 Å². The molecule has 0 fully saturated rings. The molecule has 0 radical (unpaired) electrons. The van der Waals surface area contributed by atoms with Crippen molar-refractivity contribution in [1.82, 2.24) is 0 Å². The minimum absolute atomic E-state index is 0.127. The van der Waals surface area contributed by atoms with Gasteiger partial charge in [0.1, 0.15) is 5.60 Å². The summed E-state index contributed by atoms with van der Waals surface area (Å²) < 4.78 is 6.09. The highest BCUT2D eigenvalue weighted by atomic mass is 79.9. The van der Waals surface area contributed by atoms with Crippen LogP contribution in [-0.2, 0) is 9.53 Å².